The van der Waals surface area contributed by atoms with Gasteiger partial charge in [-0.15, -0.1) is 11.3 Å². The molecule has 0 amide bonds. The summed E-state index contributed by atoms with van der Waals surface area (Å²) in [5.74, 6) is 0. The third kappa shape index (κ3) is 1.22. The van der Waals surface area contributed by atoms with E-state index in [0.29, 0.717) is 0 Å². The summed E-state index contributed by atoms with van der Waals surface area (Å²) in [6, 6.07) is 4.06. The average molecular weight is 203 g/mol. The molecule has 0 aliphatic carbocycles. The fourth-order valence-electron chi connectivity index (χ4n) is 1.50. The van der Waals surface area contributed by atoms with Crippen molar-refractivity contribution in [1.82, 2.24) is 9.55 Å². The molecule has 0 radical (unpaired) electrons. The number of nitrogens with zero attached hydrogens (tertiary/aromatic N) is 3. The van der Waals surface area contributed by atoms with Gasteiger partial charge in [-0.3, -0.25) is 4.57 Å². The zero-order chi connectivity index (χ0) is 10.1. The second-order valence-electron chi connectivity index (χ2n) is 3.05. The Balaban J connectivity index is 2.66. The summed E-state index contributed by atoms with van der Waals surface area (Å²) in [5, 5.41) is 11.7. The van der Waals surface area contributed by atoms with Crippen LogP contribution in [0.5, 0.6) is 0 Å². The summed E-state index contributed by atoms with van der Waals surface area (Å²) in [4.78, 5) is 4.23. The largest absolute Gasteiger partial charge is 0.293 e. The van der Waals surface area contributed by atoms with Crippen LogP contribution in [0, 0.1) is 25.2 Å². The van der Waals surface area contributed by atoms with Crippen LogP contribution in [-0.2, 0) is 0 Å². The van der Waals surface area contributed by atoms with E-state index in [9.17, 15) is 0 Å². The lowest BCUT2D eigenvalue weighted by Crippen LogP contribution is -1.97. The molecule has 14 heavy (non-hydrogen) atoms. The molecule has 2 aromatic heterocycles. The van der Waals surface area contributed by atoms with Gasteiger partial charge in [0, 0.05) is 23.0 Å². The van der Waals surface area contributed by atoms with Crippen molar-refractivity contribution in [2.45, 2.75) is 13.8 Å². The zero-order valence-corrected chi connectivity index (χ0v) is 8.80. The van der Waals surface area contributed by atoms with Crippen LogP contribution >= 0.6 is 11.3 Å². The molecule has 2 aromatic rings. The molecule has 2 heterocycles. The number of hydrogen-bond acceptors (Lipinski definition) is 3. The molecule has 3 nitrogen and oxygen atoms in total. The minimum Gasteiger partial charge on any atom is -0.293 e. The second kappa shape index (κ2) is 3.28. The Bertz CT molecular complexity index is 488. The van der Waals surface area contributed by atoms with Gasteiger partial charge in [0.25, 0.3) is 0 Å². The summed E-state index contributed by atoms with van der Waals surface area (Å²) >= 11 is 1.57. The molecule has 0 atom stereocenters. The standard InChI is InChI=1S/C10H9N3S/c1-7-5-9(6-11)8(2)13(7)10-12-3-4-14-10/h3-5H,1-2H3. The van der Waals surface area contributed by atoms with Crippen LogP contribution in [-0.4, -0.2) is 9.55 Å². The Labute approximate surface area is 86.3 Å². The van der Waals surface area contributed by atoms with E-state index in [-0.39, 0.29) is 0 Å². The van der Waals surface area contributed by atoms with Crippen LogP contribution in [0.1, 0.15) is 17.0 Å². The second-order valence-corrected chi connectivity index (χ2v) is 3.92. The minimum absolute atomic E-state index is 0.720. The van der Waals surface area contributed by atoms with Gasteiger partial charge in [0.15, 0.2) is 5.13 Å². The predicted molar refractivity (Wildman–Crippen MR) is 55.6 cm³/mol. The summed E-state index contributed by atoms with van der Waals surface area (Å²) in [6.45, 7) is 3.92. The Morgan fingerprint density at radius 3 is 2.79 bits per heavy atom. The Morgan fingerprint density at radius 1 is 1.50 bits per heavy atom. The highest BCUT2D eigenvalue weighted by atomic mass is 32.1. The van der Waals surface area contributed by atoms with Crippen LogP contribution in [0.3, 0.4) is 0 Å². The molecular formula is C10H9N3S. The molecule has 0 saturated carbocycles. The van der Waals surface area contributed by atoms with Crippen molar-refractivity contribution in [3.8, 4) is 11.2 Å². The maximum atomic E-state index is 8.87. The molecule has 0 unspecified atom stereocenters. The Kier molecular flexibility index (Phi) is 2.10. The number of rotatable bonds is 1. The van der Waals surface area contributed by atoms with Crippen LogP contribution < -0.4 is 0 Å². The van der Waals surface area contributed by atoms with E-state index >= 15 is 0 Å². The van der Waals surface area contributed by atoms with Crippen molar-refractivity contribution in [1.29, 1.82) is 5.26 Å². The number of nitriles is 1. The maximum absolute atomic E-state index is 8.87. The van der Waals surface area contributed by atoms with E-state index in [0.717, 1.165) is 22.1 Å². The molecule has 0 aromatic carbocycles. The highest BCUT2D eigenvalue weighted by Crippen LogP contribution is 2.21. The quantitative estimate of drug-likeness (QED) is 0.714. The molecule has 0 N–H and O–H groups in total. The van der Waals surface area contributed by atoms with Crippen molar-refractivity contribution >= 4 is 11.3 Å². The van der Waals surface area contributed by atoms with E-state index in [1.807, 2.05) is 29.9 Å². The molecule has 4 heteroatoms. The number of hydrogen-bond donors (Lipinski definition) is 0. The Morgan fingerprint density at radius 2 is 2.29 bits per heavy atom. The van der Waals surface area contributed by atoms with Crippen molar-refractivity contribution in [3.05, 3.63) is 34.6 Å². The first-order valence-corrected chi connectivity index (χ1v) is 5.11. The van der Waals surface area contributed by atoms with Gasteiger partial charge >= 0.3 is 0 Å². The van der Waals surface area contributed by atoms with E-state index in [2.05, 4.69) is 11.1 Å². The molecule has 70 valence electrons. The number of thiazole rings is 1. The number of aryl methyl sites for hydroxylation is 1. The highest BCUT2D eigenvalue weighted by molar-refractivity contribution is 7.12. The van der Waals surface area contributed by atoms with Gasteiger partial charge in [-0.2, -0.15) is 5.26 Å². The summed E-state index contributed by atoms with van der Waals surface area (Å²) < 4.78 is 2.00. The summed E-state index contributed by atoms with van der Waals surface area (Å²) in [6.07, 6.45) is 1.77. The molecule has 0 aliphatic rings. The van der Waals surface area contributed by atoms with E-state index in [4.69, 9.17) is 5.26 Å². The van der Waals surface area contributed by atoms with Gasteiger partial charge in [-0.1, -0.05) is 0 Å². The van der Waals surface area contributed by atoms with Gasteiger partial charge in [-0.05, 0) is 19.9 Å². The van der Waals surface area contributed by atoms with Gasteiger partial charge in [-0.25, -0.2) is 4.98 Å². The molecule has 2 rings (SSSR count). The SMILES string of the molecule is Cc1cc(C#N)c(C)n1-c1nccs1. The third-order valence-electron chi connectivity index (χ3n) is 2.16. The topological polar surface area (TPSA) is 41.6 Å². The number of aromatic nitrogens is 2. The van der Waals surface area contributed by atoms with Crippen LogP contribution in [0.4, 0.5) is 0 Å². The van der Waals surface area contributed by atoms with Gasteiger partial charge in [0.2, 0.25) is 0 Å². The predicted octanol–water partition coefficient (Wildman–Crippen LogP) is 2.42. The maximum Gasteiger partial charge on any atom is 0.193 e. The molecular weight excluding hydrogens is 194 g/mol. The van der Waals surface area contributed by atoms with Crippen LogP contribution in [0.2, 0.25) is 0 Å². The lowest BCUT2D eigenvalue weighted by Gasteiger charge is -2.03. The molecule has 0 aliphatic heterocycles. The van der Waals surface area contributed by atoms with E-state index in [1.165, 1.54) is 0 Å². The normalized spacial score (nSPS) is 10.1. The third-order valence-corrected chi connectivity index (χ3v) is 2.92. The minimum atomic E-state index is 0.720. The van der Waals surface area contributed by atoms with E-state index < -0.39 is 0 Å². The summed E-state index contributed by atoms with van der Waals surface area (Å²) in [5.41, 5.74) is 2.73. The lowest BCUT2D eigenvalue weighted by atomic mass is 10.3. The van der Waals surface area contributed by atoms with Crippen molar-refractivity contribution in [3.63, 3.8) is 0 Å². The first-order chi connectivity index (χ1) is 6.74. The average Bonchev–Trinajstić information content (AvgIpc) is 2.74. The molecule has 0 spiro atoms. The van der Waals surface area contributed by atoms with E-state index in [1.54, 1.807) is 17.5 Å². The molecule has 0 fully saturated rings. The first-order valence-electron chi connectivity index (χ1n) is 4.23. The zero-order valence-electron chi connectivity index (χ0n) is 7.98. The van der Waals surface area contributed by atoms with Gasteiger partial charge in [0.1, 0.15) is 6.07 Å². The van der Waals surface area contributed by atoms with Crippen LogP contribution in [0.25, 0.3) is 5.13 Å². The monoisotopic (exact) mass is 203 g/mol. The molecule has 0 bridgehead atoms. The van der Waals surface area contributed by atoms with Crippen molar-refractivity contribution in [2.24, 2.45) is 0 Å². The van der Waals surface area contributed by atoms with Gasteiger partial charge in [0.05, 0.1) is 5.56 Å². The lowest BCUT2D eigenvalue weighted by molar-refractivity contribution is 0.948. The smallest absolute Gasteiger partial charge is 0.193 e. The van der Waals surface area contributed by atoms with Gasteiger partial charge < -0.3 is 0 Å². The highest BCUT2D eigenvalue weighted by Gasteiger charge is 2.11. The fraction of sp³-hybridized carbons (Fsp3) is 0.200. The first kappa shape index (κ1) is 8.97. The fourth-order valence-corrected chi connectivity index (χ4v) is 2.25. The van der Waals surface area contributed by atoms with Crippen molar-refractivity contribution in [2.75, 3.05) is 0 Å². The summed E-state index contributed by atoms with van der Waals surface area (Å²) in [7, 11) is 0. The van der Waals surface area contributed by atoms with Crippen LogP contribution in [0.15, 0.2) is 17.6 Å². The Hall–Kier alpha value is -1.60. The molecule has 0 saturated heterocycles. The van der Waals surface area contributed by atoms with Crippen molar-refractivity contribution < 1.29 is 0 Å².